The van der Waals surface area contributed by atoms with Crippen molar-refractivity contribution in [2.24, 2.45) is 0 Å². The maximum absolute atomic E-state index is 14.2. The number of benzene rings is 1. The van der Waals surface area contributed by atoms with Crippen molar-refractivity contribution < 1.29 is 33.0 Å². The van der Waals surface area contributed by atoms with Gasteiger partial charge in [-0.1, -0.05) is 11.6 Å². The number of imide groups is 1. The Labute approximate surface area is 141 Å². The number of hydrogen-bond acceptors (Lipinski definition) is 6. The van der Waals surface area contributed by atoms with Gasteiger partial charge in [0.05, 0.1) is 17.8 Å². The Balaban J connectivity index is 2.40. The van der Waals surface area contributed by atoms with Gasteiger partial charge in [0.25, 0.3) is 0 Å². The predicted octanol–water partition coefficient (Wildman–Crippen LogP) is 2.81. The second-order valence-electron chi connectivity index (χ2n) is 4.94. The summed E-state index contributed by atoms with van der Waals surface area (Å²) in [6.45, 7) is 2.68. The summed E-state index contributed by atoms with van der Waals surface area (Å²) in [7, 11) is 1.17. The molecule has 2 amide bonds. The van der Waals surface area contributed by atoms with Crippen molar-refractivity contribution >= 4 is 35.3 Å². The number of amides is 2. The molecule has 1 fully saturated rings. The van der Waals surface area contributed by atoms with Crippen LogP contribution >= 0.6 is 11.6 Å². The van der Waals surface area contributed by atoms with Gasteiger partial charge in [-0.05, 0) is 25.5 Å². The predicted molar refractivity (Wildman–Crippen MR) is 81.3 cm³/mol. The van der Waals surface area contributed by atoms with E-state index in [1.165, 1.54) is 7.11 Å². The minimum Gasteiger partial charge on any atom is -0.480 e. The molecule has 1 aromatic rings. The van der Waals surface area contributed by atoms with Gasteiger partial charge in [-0.2, -0.15) is 0 Å². The summed E-state index contributed by atoms with van der Waals surface area (Å²) in [6.07, 6.45) is -1.05. The van der Waals surface area contributed by atoms with Gasteiger partial charge in [-0.25, -0.2) is 18.9 Å². The first-order valence-electron chi connectivity index (χ1n) is 6.68. The third-order valence-electron chi connectivity index (χ3n) is 3.04. The molecule has 24 heavy (non-hydrogen) atoms. The van der Waals surface area contributed by atoms with Crippen LogP contribution < -0.4 is 9.64 Å². The number of rotatable bonds is 4. The summed E-state index contributed by atoms with van der Waals surface area (Å²) in [5.74, 6) is -2.68. The highest BCUT2D eigenvalue weighted by Crippen LogP contribution is 2.35. The van der Waals surface area contributed by atoms with E-state index < -0.39 is 36.1 Å². The molecule has 0 N–H and O–H groups in total. The summed E-state index contributed by atoms with van der Waals surface area (Å²) < 4.78 is 28.5. The monoisotopic (exact) mass is 357 g/mol. The SMILES string of the molecule is COC(=O)COc1cc(N2C(=O)OC(=C(C)C)C2=O)c(F)cc1Cl. The van der Waals surface area contributed by atoms with Crippen LogP contribution in [-0.4, -0.2) is 31.7 Å². The second kappa shape index (κ2) is 6.88. The van der Waals surface area contributed by atoms with Crippen molar-refractivity contribution in [1.82, 2.24) is 0 Å². The average Bonchev–Trinajstić information content (AvgIpc) is 2.81. The Morgan fingerprint density at radius 3 is 2.54 bits per heavy atom. The van der Waals surface area contributed by atoms with Gasteiger partial charge in [0, 0.05) is 6.07 Å². The maximum atomic E-state index is 14.2. The molecule has 0 aromatic heterocycles. The Bertz CT molecular complexity index is 757. The Kier molecular flexibility index (Phi) is 5.08. The first-order chi connectivity index (χ1) is 11.3. The van der Waals surface area contributed by atoms with Gasteiger partial charge in [-0.15, -0.1) is 0 Å². The van der Waals surface area contributed by atoms with Gasteiger partial charge < -0.3 is 14.2 Å². The van der Waals surface area contributed by atoms with Crippen molar-refractivity contribution in [2.75, 3.05) is 18.6 Å². The number of anilines is 1. The molecule has 1 aliphatic rings. The van der Waals surface area contributed by atoms with E-state index in [4.69, 9.17) is 21.1 Å². The van der Waals surface area contributed by atoms with Gasteiger partial charge in [0.15, 0.2) is 12.4 Å². The summed E-state index contributed by atoms with van der Waals surface area (Å²) >= 11 is 5.84. The van der Waals surface area contributed by atoms with Crippen molar-refractivity contribution in [2.45, 2.75) is 13.8 Å². The van der Waals surface area contributed by atoms with Crippen LogP contribution in [-0.2, 0) is 19.1 Å². The van der Waals surface area contributed by atoms with E-state index >= 15 is 0 Å². The molecule has 0 unspecified atom stereocenters. The highest BCUT2D eigenvalue weighted by atomic mass is 35.5. The number of hydrogen-bond donors (Lipinski definition) is 0. The third-order valence-corrected chi connectivity index (χ3v) is 3.33. The number of ether oxygens (including phenoxy) is 3. The Morgan fingerprint density at radius 2 is 2.00 bits per heavy atom. The normalized spacial score (nSPS) is 13.9. The van der Waals surface area contributed by atoms with Gasteiger partial charge >= 0.3 is 18.0 Å². The standard InChI is InChI=1S/C15H13ClFNO6/c1-7(2)13-14(20)18(15(21)24-13)10-5-11(8(16)4-9(10)17)23-6-12(19)22-3/h4-5H,6H2,1-3H3. The molecule has 1 saturated heterocycles. The van der Waals surface area contributed by atoms with Crippen LogP contribution in [0.4, 0.5) is 14.9 Å². The highest BCUT2D eigenvalue weighted by Gasteiger charge is 2.40. The van der Waals surface area contributed by atoms with Crippen molar-refractivity contribution in [3.63, 3.8) is 0 Å². The molecule has 7 nitrogen and oxygen atoms in total. The van der Waals surface area contributed by atoms with Crippen LogP contribution in [0, 0.1) is 5.82 Å². The van der Waals surface area contributed by atoms with Crippen molar-refractivity contribution in [3.8, 4) is 5.75 Å². The van der Waals surface area contributed by atoms with E-state index in [-0.39, 0.29) is 16.5 Å². The molecule has 0 saturated carbocycles. The number of carbonyl (C=O) groups excluding carboxylic acids is 3. The fraction of sp³-hybridized carbons (Fsp3) is 0.267. The Hall–Kier alpha value is -2.61. The van der Waals surface area contributed by atoms with E-state index in [0.717, 1.165) is 12.1 Å². The highest BCUT2D eigenvalue weighted by molar-refractivity contribution is 6.32. The van der Waals surface area contributed by atoms with Crippen LogP contribution in [0.15, 0.2) is 23.5 Å². The summed E-state index contributed by atoms with van der Waals surface area (Å²) in [5, 5.41) is -0.136. The molecule has 9 heteroatoms. The van der Waals surface area contributed by atoms with Gasteiger partial charge in [-0.3, -0.25) is 4.79 Å². The largest absolute Gasteiger partial charge is 0.480 e. The lowest BCUT2D eigenvalue weighted by molar-refractivity contribution is -0.142. The summed E-state index contributed by atoms with van der Waals surface area (Å²) in [4.78, 5) is 35.8. The van der Waals surface area contributed by atoms with Crippen molar-refractivity contribution in [3.05, 3.63) is 34.3 Å². The molecular formula is C15H13ClFNO6. The van der Waals surface area contributed by atoms with Crippen molar-refractivity contribution in [1.29, 1.82) is 0 Å². The molecule has 0 radical (unpaired) electrons. The molecule has 0 spiro atoms. The number of esters is 1. The van der Waals surface area contributed by atoms with E-state index in [1.807, 2.05) is 0 Å². The number of allylic oxidation sites excluding steroid dienone is 1. The lowest BCUT2D eigenvalue weighted by Gasteiger charge is -2.14. The zero-order valence-electron chi connectivity index (χ0n) is 13.0. The van der Waals surface area contributed by atoms with Gasteiger partial charge in [0.2, 0.25) is 0 Å². The molecular weight excluding hydrogens is 345 g/mol. The number of nitrogens with zero attached hydrogens (tertiary/aromatic N) is 1. The number of carbonyl (C=O) groups is 3. The van der Waals surface area contributed by atoms with Crippen LogP contribution in [0.3, 0.4) is 0 Å². The van der Waals surface area contributed by atoms with E-state index in [1.54, 1.807) is 13.8 Å². The summed E-state index contributed by atoms with van der Waals surface area (Å²) in [6, 6.07) is 1.90. The third kappa shape index (κ3) is 3.33. The molecule has 1 aliphatic heterocycles. The quantitative estimate of drug-likeness (QED) is 0.608. The lowest BCUT2D eigenvalue weighted by atomic mass is 10.2. The molecule has 1 heterocycles. The number of cyclic esters (lactones) is 1. The lowest BCUT2D eigenvalue weighted by Crippen LogP contribution is -2.29. The van der Waals surface area contributed by atoms with Crippen LogP contribution in [0.5, 0.6) is 5.75 Å². The molecule has 0 bridgehead atoms. The minimum absolute atomic E-state index is 0.0929. The first-order valence-corrected chi connectivity index (χ1v) is 7.06. The van der Waals surface area contributed by atoms with Crippen LogP contribution in [0.2, 0.25) is 5.02 Å². The minimum atomic E-state index is -1.05. The molecule has 1 aromatic carbocycles. The van der Waals surface area contributed by atoms with E-state index in [2.05, 4.69) is 4.74 Å². The fourth-order valence-electron chi connectivity index (χ4n) is 1.88. The summed E-state index contributed by atoms with van der Waals surface area (Å²) in [5.41, 5.74) is 0.0675. The van der Waals surface area contributed by atoms with Crippen LogP contribution in [0.1, 0.15) is 13.8 Å². The zero-order chi connectivity index (χ0) is 18.0. The van der Waals surface area contributed by atoms with E-state index in [0.29, 0.717) is 10.5 Å². The molecule has 0 atom stereocenters. The molecule has 0 aliphatic carbocycles. The topological polar surface area (TPSA) is 82.1 Å². The number of halogens is 2. The molecule has 2 rings (SSSR count). The fourth-order valence-corrected chi connectivity index (χ4v) is 2.09. The first kappa shape index (κ1) is 17.7. The maximum Gasteiger partial charge on any atom is 0.427 e. The van der Waals surface area contributed by atoms with Crippen LogP contribution in [0.25, 0.3) is 0 Å². The Morgan fingerprint density at radius 1 is 1.33 bits per heavy atom. The smallest absolute Gasteiger partial charge is 0.427 e. The second-order valence-corrected chi connectivity index (χ2v) is 5.34. The van der Waals surface area contributed by atoms with E-state index in [9.17, 15) is 18.8 Å². The molecule has 128 valence electrons. The number of methoxy groups -OCH3 is 1. The zero-order valence-corrected chi connectivity index (χ0v) is 13.8. The van der Waals surface area contributed by atoms with Gasteiger partial charge in [0.1, 0.15) is 11.6 Å². The average molecular weight is 358 g/mol.